The summed E-state index contributed by atoms with van der Waals surface area (Å²) in [4.78, 5) is 26.9. The number of hydrogen-bond donors (Lipinski definition) is 1. The number of hydrogen-bond acceptors (Lipinski definition) is 4. The smallest absolute Gasteiger partial charge is 0.243 e. The molecule has 1 unspecified atom stereocenters. The van der Waals surface area contributed by atoms with Crippen molar-refractivity contribution in [1.29, 1.82) is 0 Å². The van der Waals surface area contributed by atoms with Crippen LogP contribution >= 0.6 is 11.6 Å². The largest absolute Gasteiger partial charge is 0.325 e. The first kappa shape index (κ1) is 23.2. The lowest BCUT2D eigenvalue weighted by Crippen LogP contribution is -2.31. The number of benzene rings is 2. The summed E-state index contributed by atoms with van der Waals surface area (Å²) < 4.78 is 26.7. The number of rotatable bonds is 7. The van der Waals surface area contributed by atoms with E-state index < -0.39 is 15.9 Å². The highest BCUT2D eigenvalue weighted by Crippen LogP contribution is 2.29. The molecule has 1 fully saturated rings. The number of carbonyl (C=O) groups is 2. The second kappa shape index (κ2) is 9.38. The Labute approximate surface area is 188 Å². The SMILES string of the molecule is CCN(CC)S(=O)(=O)c1ccc(N2CC(C(=O)Nc3cccc(Cl)c3C)CC2=O)cc1. The summed E-state index contributed by atoms with van der Waals surface area (Å²) in [5, 5.41) is 3.41. The van der Waals surface area contributed by atoms with Crippen molar-refractivity contribution < 1.29 is 18.0 Å². The molecular weight excluding hydrogens is 438 g/mol. The normalized spacial score (nSPS) is 16.7. The van der Waals surface area contributed by atoms with E-state index >= 15 is 0 Å². The Morgan fingerprint density at radius 3 is 2.42 bits per heavy atom. The topological polar surface area (TPSA) is 86.8 Å². The Bertz CT molecular complexity index is 1080. The molecule has 9 heteroatoms. The standard InChI is InChI=1S/C22H26ClN3O4S/c1-4-25(5-2)31(29,30)18-11-9-17(10-12-18)26-14-16(13-21(26)27)22(28)24-20-8-6-7-19(23)15(20)3/h6-12,16H,4-5,13-14H2,1-3H3,(H,24,28). The van der Waals surface area contributed by atoms with Crippen LogP contribution in [-0.4, -0.2) is 44.2 Å². The molecule has 1 saturated heterocycles. The van der Waals surface area contributed by atoms with Gasteiger partial charge in [-0.15, -0.1) is 0 Å². The molecule has 2 aromatic rings. The number of halogens is 1. The summed E-state index contributed by atoms with van der Waals surface area (Å²) in [6, 6.07) is 11.5. The van der Waals surface area contributed by atoms with Crippen molar-refractivity contribution in [3.05, 3.63) is 53.1 Å². The van der Waals surface area contributed by atoms with Crippen molar-refractivity contribution in [1.82, 2.24) is 4.31 Å². The Morgan fingerprint density at radius 2 is 1.81 bits per heavy atom. The maximum atomic E-state index is 12.7. The van der Waals surface area contributed by atoms with E-state index in [1.54, 1.807) is 44.2 Å². The van der Waals surface area contributed by atoms with Gasteiger partial charge in [-0.05, 0) is 48.9 Å². The predicted molar refractivity (Wildman–Crippen MR) is 122 cm³/mol. The van der Waals surface area contributed by atoms with E-state index in [2.05, 4.69) is 5.32 Å². The Hall–Kier alpha value is -2.42. The lowest BCUT2D eigenvalue weighted by Gasteiger charge is -2.20. The number of sulfonamides is 1. The molecule has 3 rings (SSSR count). The van der Waals surface area contributed by atoms with Gasteiger partial charge in [0.05, 0.1) is 10.8 Å². The van der Waals surface area contributed by atoms with Gasteiger partial charge in [-0.1, -0.05) is 31.5 Å². The molecule has 31 heavy (non-hydrogen) atoms. The van der Waals surface area contributed by atoms with E-state index in [4.69, 9.17) is 11.6 Å². The summed E-state index contributed by atoms with van der Waals surface area (Å²) in [6.07, 6.45) is 0.0882. The molecule has 1 heterocycles. The highest BCUT2D eigenvalue weighted by Gasteiger charge is 2.35. The van der Waals surface area contributed by atoms with Gasteiger partial charge in [0.25, 0.3) is 0 Å². The number of nitrogens with zero attached hydrogens (tertiary/aromatic N) is 2. The first-order valence-corrected chi connectivity index (χ1v) is 12.0. The van der Waals surface area contributed by atoms with Crippen LogP contribution in [0.3, 0.4) is 0 Å². The minimum Gasteiger partial charge on any atom is -0.325 e. The van der Waals surface area contributed by atoms with Crippen molar-refractivity contribution in [3.8, 4) is 0 Å². The molecule has 0 aromatic heterocycles. The third kappa shape index (κ3) is 4.76. The molecule has 1 aliphatic rings. The highest BCUT2D eigenvalue weighted by atomic mass is 35.5. The van der Waals surface area contributed by atoms with Gasteiger partial charge in [0, 0.05) is 42.5 Å². The minimum atomic E-state index is -3.57. The van der Waals surface area contributed by atoms with E-state index in [1.807, 2.05) is 6.92 Å². The highest BCUT2D eigenvalue weighted by molar-refractivity contribution is 7.89. The zero-order chi connectivity index (χ0) is 22.8. The average Bonchev–Trinajstić information content (AvgIpc) is 3.14. The molecule has 1 atom stereocenters. The van der Waals surface area contributed by atoms with Crippen LogP contribution in [0.4, 0.5) is 11.4 Å². The second-order valence-corrected chi connectivity index (χ2v) is 9.74. The number of amides is 2. The third-order valence-corrected chi connectivity index (χ3v) is 7.99. The van der Waals surface area contributed by atoms with Crippen LogP contribution < -0.4 is 10.2 Å². The van der Waals surface area contributed by atoms with Gasteiger partial charge in [-0.3, -0.25) is 9.59 Å². The molecule has 166 valence electrons. The molecule has 0 spiro atoms. The molecule has 0 radical (unpaired) electrons. The monoisotopic (exact) mass is 463 g/mol. The first-order chi connectivity index (χ1) is 14.7. The first-order valence-electron chi connectivity index (χ1n) is 10.2. The maximum absolute atomic E-state index is 12.7. The molecule has 7 nitrogen and oxygen atoms in total. The average molecular weight is 464 g/mol. The van der Waals surface area contributed by atoms with Crippen molar-refractivity contribution in [2.24, 2.45) is 5.92 Å². The van der Waals surface area contributed by atoms with Gasteiger partial charge in [0.1, 0.15) is 0 Å². The summed E-state index contributed by atoms with van der Waals surface area (Å²) in [5.74, 6) is -0.936. The molecular formula is C22H26ClN3O4S. The van der Waals surface area contributed by atoms with Gasteiger partial charge in [-0.25, -0.2) is 8.42 Å². The van der Waals surface area contributed by atoms with Gasteiger partial charge >= 0.3 is 0 Å². The van der Waals surface area contributed by atoms with Crippen LogP contribution in [0.15, 0.2) is 47.4 Å². The fraction of sp³-hybridized carbons (Fsp3) is 0.364. The third-order valence-electron chi connectivity index (χ3n) is 5.51. The lowest BCUT2D eigenvalue weighted by molar-refractivity contribution is -0.122. The summed E-state index contributed by atoms with van der Waals surface area (Å²) >= 11 is 6.11. The fourth-order valence-electron chi connectivity index (χ4n) is 3.62. The molecule has 1 N–H and O–H groups in total. The summed E-state index contributed by atoms with van der Waals surface area (Å²) in [6.45, 7) is 6.38. The molecule has 0 saturated carbocycles. The van der Waals surface area contributed by atoms with E-state index in [0.717, 1.165) is 5.56 Å². The van der Waals surface area contributed by atoms with Gasteiger partial charge in [0.2, 0.25) is 21.8 Å². The number of anilines is 2. The van der Waals surface area contributed by atoms with Gasteiger partial charge < -0.3 is 10.2 Å². The quantitative estimate of drug-likeness (QED) is 0.678. The van der Waals surface area contributed by atoms with Crippen molar-refractivity contribution in [2.45, 2.75) is 32.1 Å². The molecule has 0 bridgehead atoms. The predicted octanol–water partition coefficient (Wildman–Crippen LogP) is 3.67. The van der Waals surface area contributed by atoms with Gasteiger partial charge in [-0.2, -0.15) is 4.31 Å². The molecule has 1 aliphatic heterocycles. The zero-order valence-corrected chi connectivity index (χ0v) is 19.3. The van der Waals surface area contributed by atoms with Gasteiger partial charge in [0.15, 0.2) is 0 Å². The maximum Gasteiger partial charge on any atom is 0.243 e. The van der Waals surface area contributed by atoms with Crippen LogP contribution in [0.2, 0.25) is 5.02 Å². The van der Waals surface area contributed by atoms with Crippen molar-refractivity contribution in [2.75, 3.05) is 29.9 Å². The van der Waals surface area contributed by atoms with E-state index in [0.29, 0.717) is 29.5 Å². The minimum absolute atomic E-state index is 0.0882. The summed E-state index contributed by atoms with van der Waals surface area (Å²) in [5.41, 5.74) is 1.95. The zero-order valence-electron chi connectivity index (χ0n) is 17.8. The van der Waals surface area contributed by atoms with Crippen LogP contribution in [0, 0.1) is 12.8 Å². The Kier molecular flexibility index (Phi) is 7.03. The summed E-state index contributed by atoms with van der Waals surface area (Å²) in [7, 11) is -3.57. The van der Waals surface area contributed by atoms with Crippen molar-refractivity contribution >= 4 is 44.8 Å². The van der Waals surface area contributed by atoms with Crippen LogP contribution in [0.25, 0.3) is 0 Å². The number of carbonyl (C=O) groups excluding carboxylic acids is 2. The Morgan fingerprint density at radius 1 is 1.16 bits per heavy atom. The Balaban J connectivity index is 1.73. The van der Waals surface area contributed by atoms with E-state index in [-0.39, 0.29) is 29.7 Å². The molecule has 2 amide bonds. The molecule has 0 aliphatic carbocycles. The van der Waals surface area contributed by atoms with Crippen molar-refractivity contribution in [3.63, 3.8) is 0 Å². The van der Waals surface area contributed by atoms with Crippen LogP contribution in [0.5, 0.6) is 0 Å². The van der Waals surface area contributed by atoms with Crippen LogP contribution in [0.1, 0.15) is 25.8 Å². The molecule has 2 aromatic carbocycles. The number of nitrogens with one attached hydrogen (secondary N) is 1. The lowest BCUT2D eigenvalue weighted by atomic mass is 10.1. The van der Waals surface area contributed by atoms with Crippen LogP contribution in [-0.2, 0) is 19.6 Å². The van der Waals surface area contributed by atoms with E-state index in [1.165, 1.54) is 21.3 Å². The van der Waals surface area contributed by atoms with E-state index in [9.17, 15) is 18.0 Å². The fourth-order valence-corrected chi connectivity index (χ4v) is 5.25. The second-order valence-electron chi connectivity index (χ2n) is 7.39.